The molecule has 2 aromatic rings. The van der Waals surface area contributed by atoms with Crippen LogP contribution in [0.25, 0.3) is 0 Å². The molecule has 0 aliphatic rings. The van der Waals surface area contributed by atoms with Gasteiger partial charge in [0.1, 0.15) is 5.82 Å². The van der Waals surface area contributed by atoms with Crippen molar-refractivity contribution >= 4 is 33.2 Å². The monoisotopic (exact) mass is 338 g/mol. The molecule has 0 aliphatic heterocycles. The van der Waals surface area contributed by atoms with Gasteiger partial charge in [0.15, 0.2) is 0 Å². The molecule has 0 atom stereocenters. The van der Waals surface area contributed by atoms with Crippen LogP contribution in [0.15, 0.2) is 46.9 Å². The van der Waals surface area contributed by atoms with Crippen LogP contribution < -0.4 is 5.32 Å². The van der Waals surface area contributed by atoms with E-state index >= 15 is 0 Å². The van der Waals surface area contributed by atoms with Gasteiger partial charge in [0.05, 0.1) is 16.7 Å². The molecule has 0 saturated carbocycles. The highest BCUT2D eigenvalue weighted by Gasteiger charge is 2.12. The molecular weight excluding hydrogens is 331 g/mol. The first-order chi connectivity index (χ1) is 9.45. The Morgan fingerprint density at radius 1 is 1.20 bits per heavy atom. The molecular formula is C13H8BrFN2O3. The van der Waals surface area contributed by atoms with Crippen molar-refractivity contribution in [2.45, 2.75) is 0 Å². The summed E-state index contributed by atoms with van der Waals surface area (Å²) in [6.45, 7) is 0. The molecule has 0 radical (unpaired) electrons. The molecule has 0 saturated heterocycles. The average Bonchev–Trinajstić information content (AvgIpc) is 2.38. The highest BCUT2D eigenvalue weighted by molar-refractivity contribution is 9.10. The van der Waals surface area contributed by atoms with Gasteiger partial charge < -0.3 is 5.32 Å². The van der Waals surface area contributed by atoms with E-state index in [2.05, 4.69) is 21.2 Å². The number of nitro groups is 1. The average molecular weight is 339 g/mol. The molecule has 0 heterocycles. The van der Waals surface area contributed by atoms with Crippen LogP contribution in [-0.4, -0.2) is 10.8 Å². The summed E-state index contributed by atoms with van der Waals surface area (Å²) >= 11 is 3.24. The summed E-state index contributed by atoms with van der Waals surface area (Å²) in [6.07, 6.45) is 0. The quantitative estimate of drug-likeness (QED) is 0.684. The van der Waals surface area contributed by atoms with Crippen LogP contribution in [0.2, 0.25) is 0 Å². The lowest BCUT2D eigenvalue weighted by Crippen LogP contribution is -2.12. The Hall–Kier alpha value is -2.28. The number of non-ortho nitro benzene ring substituents is 1. The second-order valence-corrected chi connectivity index (χ2v) is 4.83. The van der Waals surface area contributed by atoms with Gasteiger partial charge in [-0.2, -0.15) is 0 Å². The molecule has 1 N–H and O–H groups in total. The molecule has 1 amide bonds. The number of rotatable bonds is 3. The maximum atomic E-state index is 13.2. The van der Waals surface area contributed by atoms with Crippen molar-refractivity contribution in [3.8, 4) is 0 Å². The Bertz CT molecular complexity index is 674. The van der Waals surface area contributed by atoms with Crippen LogP contribution in [0.3, 0.4) is 0 Å². The van der Waals surface area contributed by atoms with Gasteiger partial charge in [-0.3, -0.25) is 14.9 Å². The first kappa shape index (κ1) is 14.1. The topological polar surface area (TPSA) is 72.2 Å². The van der Waals surface area contributed by atoms with Gasteiger partial charge in [0.2, 0.25) is 0 Å². The molecule has 0 bridgehead atoms. The molecule has 20 heavy (non-hydrogen) atoms. The van der Waals surface area contributed by atoms with E-state index in [4.69, 9.17) is 0 Å². The van der Waals surface area contributed by atoms with Crippen molar-refractivity contribution in [2.24, 2.45) is 0 Å². The fourth-order valence-corrected chi connectivity index (χ4v) is 1.82. The third-order valence-electron chi connectivity index (χ3n) is 2.46. The fourth-order valence-electron chi connectivity index (χ4n) is 1.56. The van der Waals surface area contributed by atoms with E-state index < -0.39 is 22.3 Å². The van der Waals surface area contributed by atoms with Crippen LogP contribution in [0.1, 0.15) is 10.4 Å². The summed E-state index contributed by atoms with van der Waals surface area (Å²) in [6, 6.07) is 9.42. The highest BCUT2D eigenvalue weighted by atomic mass is 79.9. The summed E-state index contributed by atoms with van der Waals surface area (Å²) in [5, 5.41) is 13.0. The number of hydrogen-bond donors (Lipinski definition) is 1. The van der Waals surface area contributed by atoms with Crippen molar-refractivity contribution in [3.05, 3.63) is 68.4 Å². The SMILES string of the molecule is O=C(Nc1cc(F)cc([N+](=O)[O-])c1)c1ccc(Br)cc1. The minimum absolute atomic E-state index is 0.0321. The van der Waals surface area contributed by atoms with E-state index in [0.29, 0.717) is 5.56 Å². The molecule has 0 fully saturated rings. The van der Waals surface area contributed by atoms with Gasteiger partial charge >= 0.3 is 0 Å². The van der Waals surface area contributed by atoms with Crippen LogP contribution >= 0.6 is 15.9 Å². The lowest BCUT2D eigenvalue weighted by atomic mass is 10.2. The van der Waals surface area contributed by atoms with Gasteiger partial charge in [-0.1, -0.05) is 15.9 Å². The number of nitro benzene ring substituents is 1. The van der Waals surface area contributed by atoms with Crippen molar-refractivity contribution in [3.63, 3.8) is 0 Å². The number of nitrogens with zero attached hydrogens (tertiary/aromatic N) is 1. The number of anilines is 1. The summed E-state index contributed by atoms with van der Waals surface area (Å²) in [5.74, 6) is -1.26. The maximum absolute atomic E-state index is 13.2. The van der Waals surface area contributed by atoms with Crippen LogP contribution in [-0.2, 0) is 0 Å². The third kappa shape index (κ3) is 3.39. The Labute approximate surface area is 121 Å². The zero-order chi connectivity index (χ0) is 14.7. The van der Waals surface area contributed by atoms with E-state index in [0.717, 1.165) is 22.7 Å². The zero-order valence-corrected chi connectivity index (χ0v) is 11.6. The molecule has 0 unspecified atom stereocenters. The standard InChI is InChI=1S/C13H8BrFN2O3/c14-9-3-1-8(2-4-9)13(18)16-11-5-10(15)6-12(7-11)17(19)20/h1-7H,(H,16,18). The predicted molar refractivity (Wildman–Crippen MR) is 75.1 cm³/mol. The maximum Gasteiger partial charge on any atom is 0.274 e. The Kier molecular flexibility index (Phi) is 4.09. The van der Waals surface area contributed by atoms with Gasteiger partial charge in [-0.25, -0.2) is 4.39 Å². The minimum atomic E-state index is -0.787. The van der Waals surface area contributed by atoms with E-state index in [-0.39, 0.29) is 5.69 Å². The summed E-state index contributed by atoms with van der Waals surface area (Å²) in [7, 11) is 0. The molecule has 2 rings (SSSR count). The lowest BCUT2D eigenvalue weighted by molar-refractivity contribution is -0.385. The number of carbonyl (C=O) groups is 1. The molecule has 0 aromatic heterocycles. The normalized spacial score (nSPS) is 10.1. The molecule has 7 heteroatoms. The molecule has 0 spiro atoms. The highest BCUT2D eigenvalue weighted by Crippen LogP contribution is 2.21. The summed E-state index contributed by atoms with van der Waals surface area (Å²) < 4.78 is 14.0. The number of hydrogen-bond acceptors (Lipinski definition) is 3. The van der Waals surface area contributed by atoms with Crippen LogP contribution in [0.5, 0.6) is 0 Å². The Morgan fingerprint density at radius 3 is 2.45 bits per heavy atom. The third-order valence-corrected chi connectivity index (χ3v) is 2.99. The van der Waals surface area contributed by atoms with E-state index in [1.54, 1.807) is 24.3 Å². The molecule has 102 valence electrons. The zero-order valence-electron chi connectivity index (χ0n) is 9.97. The van der Waals surface area contributed by atoms with Crippen LogP contribution in [0.4, 0.5) is 15.8 Å². The Morgan fingerprint density at radius 2 is 1.85 bits per heavy atom. The lowest BCUT2D eigenvalue weighted by Gasteiger charge is -2.05. The molecule has 5 nitrogen and oxygen atoms in total. The van der Waals surface area contributed by atoms with E-state index in [9.17, 15) is 19.3 Å². The van der Waals surface area contributed by atoms with Crippen molar-refractivity contribution in [1.82, 2.24) is 0 Å². The summed E-state index contributed by atoms with van der Waals surface area (Å²) in [4.78, 5) is 21.8. The first-order valence-electron chi connectivity index (χ1n) is 5.47. The van der Waals surface area contributed by atoms with Gasteiger partial charge in [0, 0.05) is 16.1 Å². The fraction of sp³-hybridized carbons (Fsp3) is 0. The largest absolute Gasteiger partial charge is 0.322 e. The second kappa shape index (κ2) is 5.79. The number of halogens is 2. The van der Waals surface area contributed by atoms with Gasteiger partial charge in [-0.15, -0.1) is 0 Å². The molecule has 0 aliphatic carbocycles. The number of benzene rings is 2. The van der Waals surface area contributed by atoms with Crippen molar-refractivity contribution < 1.29 is 14.1 Å². The van der Waals surface area contributed by atoms with E-state index in [1.807, 2.05) is 0 Å². The molecule has 2 aromatic carbocycles. The number of carbonyl (C=O) groups excluding carboxylic acids is 1. The Balaban J connectivity index is 2.23. The van der Waals surface area contributed by atoms with E-state index in [1.165, 1.54) is 0 Å². The predicted octanol–water partition coefficient (Wildman–Crippen LogP) is 3.75. The van der Waals surface area contributed by atoms with Crippen LogP contribution in [0, 0.1) is 15.9 Å². The van der Waals surface area contributed by atoms with Crippen molar-refractivity contribution in [1.29, 1.82) is 0 Å². The second-order valence-electron chi connectivity index (χ2n) is 3.92. The van der Waals surface area contributed by atoms with Gasteiger partial charge in [0.25, 0.3) is 11.6 Å². The summed E-state index contributed by atoms with van der Waals surface area (Å²) in [5.41, 5.74) is -0.0270. The first-order valence-corrected chi connectivity index (χ1v) is 6.27. The number of amides is 1. The van der Waals surface area contributed by atoms with Crippen molar-refractivity contribution in [2.75, 3.05) is 5.32 Å². The minimum Gasteiger partial charge on any atom is -0.322 e. The van der Waals surface area contributed by atoms with Gasteiger partial charge in [-0.05, 0) is 30.3 Å². The number of nitrogens with one attached hydrogen (secondary N) is 1. The smallest absolute Gasteiger partial charge is 0.274 e.